The van der Waals surface area contributed by atoms with E-state index < -0.39 is 0 Å². The van der Waals surface area contributed by atoms with Crippen molar-refractivity contribution in [3.8, 4) is 5.75 Å². The molecular weight excluding hydrogens is 390 g/mol. The first kappa shape index (κ1) is 23.5. The molecule has 162 valence electrons. The number of piperidine rings is 1. The molecule has 2 heterocycles. The molecule has 29 heavy (non-hydrogen) atoms. The summed E-state index contributed by atoms with van der Waals surface area (Å²) in [5.41, 5.74) is 1.40. The highest BCUT2D eigenvalue weighted by atomic mass is 35.5. The Labute approximate surface area is 179 Å². The predicted octanol–water partition coefficient (Wildman–Crippen LogP) is 3.80. The van der Waals surface area contributed by atoms with Crippen LogP contribution in [0.1, 0.15) is 50.0 Å². The minimum absolute atomic E-state index is 0. The third kappa shape index (κ3) is 5.24. The molecule has 1 aromatic heterocycles. The smallest absolute Gasteiger partial charge is 0.271 e. The Balaban J connectivity index is 0.00000300. The van der Waals surface area contributed by atoms with Crippen molar-refractivity contribution < 1.29 is 14.6 Å². The minimum Gasteiger partial charge on any atom is -0.506 e. The summed E-state index contributed by atoms with van der Waals surface area (Å²) in [4.78, 5) is 15.7. The Morgan fingerprint density at radius 2 is 2.17 bits per heavy atom. The van der Waals surface area contributed by atoms with E-state index in [1.807, 2.05) is 27.7 Å². The van der Waals surface area contributed by atoms with Crippen LogP contribution in [0.5, 0.6) is 5.75 Å². The van der Waals surface area contributed by atoms with Crippen molar-refractivity contribution in [1.82, 2.24) is 14.8 Å². The minimum atomic E-state index is 0. The maximum atomic E-state index is 13.6. The largest absolute Gasteiger partial charge is 0.506 e. The number of para-hydroxylation sites is 1. The fourth-order valence-corrected chi connectivity index (χ4v) is 4.26. The molecule has 0 unspecified atom stereocenters. The Morgan fingerprint density at radius 1 is 1.38 bits per heavy atom. The molecule has 7 heteroatoms. The van der Waals surface area contributed by atoms with E-state index in [4.69, 9.17) is 4.74 Å². The number of carbonyl (C=O) groups excluding carboxylic acids is 1. The number of methoxy groups -OCH3 is 1. The molecule has 1 saturated heterocycles. The van der Waals surface area contributed by atoms with Gasteiger partial charge < -0.3 is 24.6 Å². The zero-order valence-corrected chi connectivity index (χ0v) is 18.5. The van der Waals surface area contributed by atoms with Crippen LogP contribution in [0.4, 0.5) is 0 Å². The number of fused-ring (bicyclic) bond motifs is 1. The van der Waals surface area contributed by atoms with E-state index >= 15 is 0 Å². The van der Waals surface area contributed by atoms with Gasteiger partial charge in [0.05, 0.1) is 5.52 Å². The van der Waals surface area contributed by atoms with Crippen molar-refractivity contribution in [3.63, 3.8) is 0 Å². The Hall–Kier alpha value is -1.76. The molecule has 2 aromatic rings. The number of nitrogens with zero attached hydrogens (tertiary/aromatic N) is 2. The summed E-state index contributed by atoms with van der Waals surface area (Å²) in [5.74, 6) is 0.268. The maximum absolute atomic E-state index is 13.6. The van der Waals surface area contributed by atoms with Gasteiger partial charge in [-0.2, -0.15) is 0 Å². The number of halogens is 1. The van der Waals surface area contributed by atoms with Crippen molar-refractivity contribution in [2.24, 2.45) is 0 Å². The number of benzene rings is 1. The van der Waals surface area contributed by atoms with E-state index in [0.29, 0.717) is 18.8 Å². The molecule has 2 N–H and O–H groups in total. The van der Waals surface area contributed by atoms with Crippen LogP contribution in [0.15, 0.2) is 24.3 Å². The molecule has 1 fully saturated rings. The molecule has 0 radical (unpaired) electrons. The number of carbonyl (C=O) groups is 1. The molecule has 0 saturated carbocycles. The van der Waals surface area contributed by atoms with Crippen molar-refractivity contribution in [2.75, 3.05) is 26.8 Å². The van der Waals surface area contributed by atoms with E-state index in [9.17, 15) is 9.90 Å². The second-order valence-electron chi connectivity index (χ2n) is 7.90. The van der Waals surface area contributed by atoms with Gasteiger partial charge in [0.15, 0.2) is 0 Å². The lowest BCUT2D eigenvalue weighted by atomic mass is 10.0. The standard InChI is InChI=1S/C22H33N3O3.ClH/c1-16(2)25(18-9-7-11-23-15-18)22(27)19-14-17-8-6-10-20(26)21(17)24(19)12-4-5-13-28-3;/h6,8,10,14,16,18,23,26H,4-5,7,9,11-13,15H2,1-3H3;1H/t18-;/m1./s1. The van der Waals surface area contributed by atoms with Gasteiger partial charge in [0.1, 0.15) is 11.4 Å². The number of rotatable bonds is 8. The number of phenolic OH excluding ortho intramolecular Hbond substituents is 1. The molecule has 1 aromatic carbocycles. The summed E-state index contributed by atoms with van der Waals surface area (Å²) in [5, 5.41) is 14.8. The topological polar surface area (TPSA) is 66.7 Å². The number of ether oxygens (including phenoxy) is 1. The highest BCUT2D eigenvalue weighted by molar-refractivity contribution is 6.00. The van der Waals surface area contributed by atoms with Crippen LogP contribution < -0.4 is 5.32 Å². The summed E-state index contributed by atoms with van der Waals surface area (Å²) in [6.45, 7) is 7.39. The maximum Gasteiger partial charge on any atom is 0.271 e. The number of phenols is 1. The second-order valence-corrected chi connectivity index (χ2v) is 7.90. The zero-order valence-electron chi connectivity index (χ0n) is 17.7. The van der Waals surface area contributed by atoms with Gasteiger partial charge in [0.2, 0.25) is 0 Å². The van der Waals surface area contributed by atoms with E-state index in [1.54, 1.807) is 13.2 Å². The summed E-state index contributed by atoms with van der Waals surface area (Å²) in [6, 6.07) is 7.72. The first-order valence-corrected chi connectivity index (χ1v) is 10.4. The molecule has 1 aliphatic heterocycles. The Morgan fingerprint density at radius 3 is 2.83 bits per heavy atom. The van der Waals surface area contributed by atoms with Crippen LogP contribution in [0.2, 0.25) is 0 Å². The third-order valence-electron chi connectivity index (χ3n) is 5.55. The molecule has 0 spiro atoms. The van der Waals surface area contributed by atoms with Gasteiger partial charge in [-0.05, 0) is 58.2 Å². The summed E-state index contributed by atoms with van der Waals surface area (Å²) < 4.78 is 7.15. The Kier molecular flexibility index (Phi) is 8.80. The summed E-state index contributed by atoms with van der Waals surface area (Å²) in [6.07, 6.45) is 3.91. The molecule has 1 amide bonds. The lowest BCUT2D eigenvalue weighted by Crippen LogP contribution is -2.52. The molecule has 1 aliphatic rings. The molecule has 1 atom stereocenters. The SMILES string of the molecule is COCCCCn1c(C(=O)N(C(C)C)[C@@H]2CCCNC2)cc2cccc(O)c21.Cl. The average molecular weight is 424 g/mol. The van der Waals surface area contributed by atoms with Gasteiger partial charge >= 0.3 is 0 Å². The number of hydrogen-bond donors (Lipinski definition) is 2. The second kappa shape index (κ2) is 10.9. The van der Waals surface area contributed by atoms with Crippen LogP contribution in [0, 0.1) is 0 Å². The monoisotopic (exact) mass is 423 g/mol. The first-order valence-electron chi connectivity index (χ1n) is 10.4. The summed E-state index contributed by atoms with van der Waals surface area (Å²) in [7, 11) is 1.70. The molecule has 6 nitrogen and oxygen atoms in total. The van der Waals surface area contributed by atoms with E-state index in [1.165, 1.54) is 0 Å². The van der Waals surface area contributed by atoms with Gasteiger partial charge in [0, 0.05) is 44.3 Å². The molecule has 3 rings (SSSR count). The van der Waals surface area contributed by atoms with Crippen LogP contribution >= 0.6 is 12.4 Å². The summed E-state index contributed by atoms with van der Waals surface area (Å²) >= 11 is 0. The zero-order chi connectivity index (χ0) is 20.1. The fraction of sp³-hybridized carbons (Fsp3) is 0.591. The van der Waals surface area contributed by atoms with Gasteiger partial charge in [0.25, 0.3) is 5.91 Å². The van der Waals surface area contributed by atoms with Crippen molar-refractivity contribution in [3.05, 3.63) is 30.0 Å². The van der Waals surface area contributed by atoms with Gasteiger partial charge in [-0.3, -0.25) is 4.79 Å². The number of nitrogens with one attached hydrogen (secondary N) is 1. The van der Waals surface area contributed by atoms with Crippen LogP contribution in [0.25, 0.3) is 10.9 Å². The van der Waals surface area contributed by atoms with Gasteiger partial charge in [-0.15, -0.1) is 12.4 Å². The highest BCUT2D eigenvalue weighted by Crippen LogP contribution is 2.30. The lowest BCUT2D eigenvalue weighted by molar-refractivity contribution is 0.0562. The van der Waals surface area contributed by atoms with Crippen LogP contribution in [-0.2, 0) is 11.3 Å². The molecule has 0 aliphatic carbocycles. The number of aromatic hydroxyl groups is 1. The van der Waals surface area contributed by atoms with Crippen LogP contribution in [0.3, 0.4) is 0 Å². The van der Waals surface area contributed by atoms with Crippen LogP contribution in [-0.4, -0.2) is 59.4 Å². The predicted molar refractivity (Wildman–Crippen MR) is 119 cm³/mol. The molecule has 0 bridgehead atoms. The van der Waals surface area contributed by atoms with E-state index in [2.05, 4.69) is 19.2 Å². The first-order chi connectivity index (χ1) is 13.5. The number of aromatic nitrogens is 1. The number of unbranched alkanes of at least 4 members (excludes halogenated alkanes) is 1. The fourth-order valence-electron chi connectivity index (χ4n) is 4.26. The Bertz CT molecular complexity index is 800. The van der Waals surface area contributed by atoms with E-state index in [0.717, 1.165) is 49.7 Å². The number of amides is 1. The van der Waals surface area contributed by atoms with Crippen molar-refractivity contribution in [2.45, 2.75) is 58.2 Å². The van der Waals surface area contributed by atoms with Crippen molar-refractivity contribution in [1.29, 1.82) is 0 Å². The van der Waals surface area contributed by atoms with Gasteiger partial charge in [-0.1, -0.05) is 12.1 Å². The highest BCUT2D eigenvalue weighted by Gasteiger charge is 2.30. The number of hydrogen-bond acceptors (Lipinski definition) is 4. The third-order valence-corrected chi connectivity index (χ3v) is 5.55. The van der Waals surface area contributed by atoms with E-state index in [-0.39, 0.29) is 36.1 Å². The molecular formula is C22H34ClN3O3. The van der Waals surface area contributed by atoms with Gasteiger partial charge in [-0.25, -0.2) is 0 Å². The average Bonchev–Trinajstić information content (AvgIpc) is 3.06. The lowest BCUT2D eigenvalue weighted by Gasteiger charge is -2.37. The normalized spacial score (nSPS) is 16.8. The number of aryl methyl sites for hydroxylation is 1. The quantitative estimate of drug-likeness (QED) is 0.634. The van der Waals surface area contributed by atoms with Crippen molar-refractivity contribution >= 4 is 29.2 Å².